The lowest BCUT2D eigenvalue weighted by Gasteiger charge is -2.31. The van der Waals surface area contributed by atoms with Gasteiger partial charge in [0.1, 0.15) is 0 Å². The van der Waals surface area contributed by atoms with Crippen LogP contribution < -0.4 is 11.1 Å². The molecule has 0 bridgehead atoms. The van der Waals surface area contributed by atoms with E-state index in [0.29, 0.717) is 50.7 Å². The Morgan fingerprint density at radius 3 is 2.83 bits per heavy atom. The van der Waals surface area contributed by atoms with E-state index in [1.807, 2.05) is 0 Å². The molecule has 1 aliphatic rings. The molecule has 7 heteroatoms. The molecule has 0 saturated carbocycles. The van der Waals surface area contributed by atoms with Gasteiger partial charge in [-0.1, -0.05) is 5.16 Å². The van der Waals surface area contributed by atoms with Gasteiger partial charge in [0.05, 0.1) is 5.54 Å². The lowest BCUT2D eigenvalue weighted by molar-refractivity contribution is -0.129. The van der Waals surface area contributed by atoms with Crippen LogP contribution >= 0.6 is 0 Å². The molecule has 1 saturated heterocycles. The van der Waals surface area contributed by atoms with Gasteiger partial charge in [-0.05, 0) is 19.8 Å². The lowest BCUT2D eigenvalue weighted by atomic mass is 9.90. The third-order valence-electron chi connectivity index (χ3n) is 3.03. The van der Waals surface area contributed by atoms with Gasteiger partial charge in [-0.25, -0.2) is 0 Å². The first-order valence-corrected chi connectivity index (χ1v) is 6.04. The summed E-state index contributed by atoms with van der Waals surface area (Å²) in [6, 6.07) is 0. The molecule has 18 heavy (non-hydrogen) atoms. The van der Waals surface area contributed by atoms with Crippen molar-refractivity contribution in [3.8, 4) is 0 Å². The highest BCUT2D eigenvalue weighted by molar-refractivity contribution is 5.86. The average Bonchev–Trinajstić information content (AvgIpc) is 2.76. The van der Waals surface area contributed by atoms with Gasteiger partial charge in [0.2, 0.25) is 11.8 Å². The highest BCUT2D eigenvalue weighted by atomic mass is 16.5. The Bertz CT molecular complexity index is 412. The largest absolute Gasteiger partial charge is 0.381 e. The quantitative estimate of drug-likeness (QED) is 0.754. The molecule has 1 amide bonds. The fourth-order valence-corrected chi connectivity index (χ4v) is 1.86. The molecule has 0 aromatic carbocycles. The summed E-state index contributed by atoms with van der Waals surface area (Å²) in [6.45, 7) is 3.27. The van der Waals surface area contributed by atoms with Gasteiger partial charge < -0.3 is 20.3 Å². The zero-order valence-electron chi connectivity index (χ0n) is 10.4. The van der Waals surface area contributed by atoms with Crippen molar-refractivity contribution in [2.45, 2.75) is 31.7 Å². The van der Waals surface area contributed by atoms with E-state index in [0.717, 1.165) is 0 Å². The highest BCUT2D eigenvalue weighted by Gasteiger charge is 2.35. The fraction of sp³-hybridized carbons (Fsp3) is 0.727. The van der Waals surface area contributed by atoms with Crippen LogP contribution in [0.3, 0.4) is 0 Å². The van der Waals surface area contributed by atoms with E-state index in [2.05, 4.69) is 15.5 Å². The molecule has 1 aromatic heterocycles. The third-order valence-corrected chi connectivity index (χ3v) is 3.03. The third kappa shape index (κ3) is 3.05. The normalized spacial score (nSPS) is 18.6. The number of nitrogens with zero attached hydrogens (tertiary/aromatic N) is 2. The molecule has 0 radical (unpaired) electrons. The monoisotopic (exact) mass is 254 g/mol. The molecule has 1 aliphatic heterocycles. The zero-order chi connectivity index (χ0) is 13.0. The van der Waals surface area contributed by atoms with Crippen LogP contribution in [-0.4, -0.2) is 41.3 Å². The predicted molar refractivity (Wildman–Crippen MR) is 62.7 cm³/mol. The number of nitrogens with two attached hydrogens (primary N) is 1. The summed E-state index contributed by atoms with van der Waals surface area (Å²) in [5.74, 6) is 0.976. The number of carbonyl (C=O) groups is 1. The SMILES string of the molecule is Cc1noc(CCNC(=O)C2(N)CCOCC2)n1. The number of ether oxygens (including phenoxy) is 1. The Kier molecular flexibility index (Phi) is 3.93. The molecular formula is C11H18N4O3. The van der Waals surface area contributed by atoms with E-state index in [1.54, 1.807) is 6.92 Å². The molecule has 0 spiro atoms. The van der Waals surface area contributed by atoms with Crippen LogP contribution in [-0.2, 0) is 16.0 Å². The van der Waals surface area contributed by atoms with Gasteiger partial charge in [-0.3, -0.25) is 4.79 Å². The Morgan fingerprint density at radius 1 is 1.50 bits per heavy atom. The number of aromatic nitrogens is 2. The second kappa shape index (κ2) is 5.45. The highest BCUT2D eigenvalue weighted by Crippen LogP contribution is 2.17. The van der Waals surface area contributed by atoms with Crippen LogP contribution in [0.5, 0.6) is 0 Å². The lowest BCUT2D eigenvalue weighted by Crippen LogP contribution is -2.57. The van der Waals surface area contributed by atoms with Crippen molar-refractivity contribution in [3.63, 3.8) is 0 Å². The minimum Gasteiger partial charge on any atom is -0.381 e. The molecule has 1 fully saturated rings. The molecule has 2 rings (SSSR count). The van der Waals surface area contributed by atoms with Crippen LogP contribution in [0.1, 0.15) is 24.6 Å². The predicted octanol–water partition coefficient (Wildman–Crippen LogP) is -0.455. The molecule has 100 valence electrons. The number of amides is 1. The van der Waals surface area contributed by atoms with Gasteiger partial charge in [-0.2, -0.15) is 4.98 Å². The number of nitrogens with one attached hydrogen (secondary N) is 1. The Labute approximate surface area is 105 Å². The van der Waals surface area contributed by atoms with Crippen molar-refractivity contribution in [1.82, 2.24) is 15.5 Å². The number of hydrogen-bond acceptors (Lipinski definition) is 6. The number of rotatable bonds is 4. The van der Waals surface area contributed by atoms with E-state index < -0.39 is 5.54 Å². The summed E-state index contributed by atoms with van der Waals surface area (Å²) in [6.07, 6.45) is 1.62. The van der Waals surface area contributed by atoms with Crippen molar-refractivity contribution in [2.75, 3.05) is 19.8 Å². The minimum atomic E-state index is -0.803. The summed E-state index contributed by atoms with van der Waals surface area (Å²) < 4.78 is 10.2. The Hall–Kier alpha value is -1.47. The van der Waals surface area contributed by atoms with E-state index in [9.17, 15) is 4.79 Å². The van der Waals surface area contributed by atoms with E-state index in [-0.39, 0.29) is 5.91 Å². The first kappa shape index (κ1) is 13.0. The van der Waals surface area contributed by atoms with Gasteiger partial charge in [-0.15, -0.1) is 0 Å². The van der Waals surface area contributed by atoms with Crippen LogP contribution in [0.25, 0.3) is 0 Å². The molecule has 0 unspecified atom stereocenters. The van der Waals surface area contributed by atoms with Crippen molar-refractivity contribution in [2.24, 2.45) is 5.73 Å². The molecule has 0 atom stereocenters. The van der Waals surface area contributed by atoms with Crippen LogP contribution in [0.15, 0.2) is 4.52 Å². The van der Waals surface area contributed by atoms with Crippen molar-refractivity contribution >= 4 is 5.91 Å². The summed E-state index contributed by atoms with van der Waals surface area (Å²) in [4.78, 5) is 16.0. The molecule has 1 aromatic rings. The molecule has 0 aliphatic carbocycles. The van der Waals surface area contributed by atoms with Gasteiger partial charge in [0, 0.05) is 26.2 Å². The smallest absolute Gasteiger partial charge is 0.240 e. The summed E-state index contributed by atoms with van der Waals surface area (Å²) >= 11 is 0. The second-order valence-electron chi connectivity index (χ2n) is 4.51. The van der Waals surface area contributed by atoms with Crippen molar-refractivity contribution in [3.05, 3.63) is 11.7 Å². The fourth-order valence-electron chi connectivity index (χ4n) is 1.86. The second-order valence-corrected chi connectivity index (χ2v) is 4.51. The topological polar surface area (TPSA) is 103 Å². The standard InChI is InChI=1S/C11H18N4O3/c1-8-14-9(18-15-8)2-5-13-10(16)11(12)3-6-17-7-4-11/h2-7,12H2,1H3,(H,13,16). The van der Waals surface area contributed by atoms with E-state index >= 15 is 0 Å². The first-order chi connectivity index (χ1) is 8.60. The maximum Gasteiger partial charge on any atom is 0.240 e. The Morgan fingerprint density at radius 2 is 2.22 bits per heavy atom. The maximum atomic E-state index is 12.0. The number of carbonyl (C=O) groups excluding carboxylic acids is 1. The van der Waals surface area contributed by atoms with Crippen molar-refractivity contribution < 1.29 is 14.1 Å². The molecule has 3 N–H and O–H groups in total. The van der Waals surface area contributed by atoms with E-state index in [1.165, 1.54) is 0 Å². The molecule has 2 heterocycles. The molecule has 7 nitrogen and oxygen atoms in total. The summed E-state index contributed by atoms with van der Waals surface area (Å²) in [7, 11) is 0. The Balaban J connectivity index is 1.77. The van der Waals surface area contributed by atoms with Gasteiger partial charge in [0.15, 0.2) is 5.82 Å². The molecular weight excluding hydrogens is 236 g/mol. The van der Waals surface area contributed by atoms with E-state index in [4.69, 9.17) is 15.0 Å². The first-order valence-electron chi connectivity index (χ1n) is 6.04. The van der Waals surface area contributed by atoms with Crippen molar-refractivity contribution in [1.29, 1.82) is 0 Å². The van der Waals surface area contributed by atoms with Crippen LogP contribution in [0.4, 0.5) is 0 Å². The summed E-state index contributed by atoms with van der Waals surface area (Å²) in [5.41, 5.74) is 5.24. The van der Waals surface area contributed by atoms with Gasteiger partial charge in [0.25, 0.3) is 0 Å². The zero-order valence-corrected chi connectivity index (χ0v) is 10.4. The average molecular weight is 254 g/mol. The van der Waals surface area contributed by atoms with Gasteiger partial charge >= 0.3 is 0 Å². The number of aryl methyl sites for hydroxylation is 1. The van der Waals surface area contributed by atoms with Crippen LogP contribution in [0, 0.1) is 6.92 Å². The number of hydrogen-bond donors (Lipinski definition) is 2. The minimum absolute atomic E-state index is 0.137. The summed E-state index contributed by atoms with van der Waals surface area (Å²) in [5, 5.41) is 6.48. The van der Waals surface area contributed by atoms with Crippen LogP contribution in [0.2, 0.25) is 0 Å². The maximum absolute atomic E-state index is 12.0.